The Kier molecular flexibility index (Phi) is 6.99. The molecule has 0 aliphatic carbocycles. The van der Waals surface area contributed by atoms with Crippen molar-refractivity contribution in [3.8, 4) is 0 Å². The van der Waals surface area contributed by atoms with E-state index >= 15 is 0 Å². The van der Waals surface area contributed by atoms with Crippen molar-refractivity contribution in [3.63, 3.8) is 0 Å². The number of esters is 1. The summed E-state index contributed by atoms with van der Waals surface area (Å²) in [5, 5.41) is 2.13. The lowest BCUT2D eigenvalue weighted by Gasteiger charge is -2.24. The Morgan fingerprint density at radius 3 is 2.23 bits per heavy atom. The van der Waals surface area contributed by atoms with E-state index in [1.807, 2.05) is 0 Å². The second-order valence-electron chi connectivity index (χ2n) is 6.05. The van der Waals surface area contributed by atoms with Gasteiger partial charge in [0.25, 0.3) is 0 Å². The lowest BCUT2D eigenvalue weighted by atomic mass is 10.2. The minimum Gasteiger partial charge on any atom is -0.465 e. The zero-order valence-electron chi connectivity index (χ0n) is 15.7. The number of hydrogen-bond acceptors (Lipinski definition) is 5. The van der Waals surface area contributed by atoms with Crippen molar-refractivity contribution in [1.29, 1.82) is 0 Å². The number of sulfonamides is 1. The van der Waals surface area contributed by atoms with Crippen LogP contribution in [0.5, 0.6) is 0 Å². The first-order valence-electron chi connectivity index (χ1n) is 8.15. The van der Waals surface area contributed by atoms with Crippen LogP contribution in [0, 0.1) is 0 Å². The molecule has 0 saturated carbocycles. The summed E-state index contributed by atoms with van der Waals surface area (Å²) in [5.74, 6) is -1.42. The molecule has 0 fully saturated rings. The van der Waals surface area contributed by atoms with Gasteiger partial charge in [-0.2, -0.15) is 13.2 Å². The summed E-state index contributed by atoms with van der Waals surface area (Å²) in [4.78, 5) is 23.8. The SMILES string of the molecule is COC(=O)c1ccc(NC(=O)CN(c2cc(C(F)(F)F)ccc2Cl)S(C)(=O)=O)cc1. The van der Waals surface area contributed by atoms with Crippen LogP contribution in [-0.4, -0.2) is 40.2 Å². The first kappa shape index (κ1) is 23.5. The maximum absolute atomic E-state index is 13.0. The smallest absolute Gasteiger partial charge is 0.416 e. The molecule has 0 heterocycles. The van der Waals surface area contributed by atoms with Crippen molar-refractivity contribution in [1.82, 2.24) is 0 Å². The summed E-state index contributed by atoms with van der Waals surface area (Å²) < 4.78 is 68.3. The van der Waals surface area contributed by atoms with Gasteiger partial charge in [0, 0.05) is 5.69 Å². The van der Waals surface area contributed by atoms with Crippen LogP contribution in [0.2, 0.25) is 5.02 Å². The summed E-state index contributed by atoms with van der Waals surface area (Å²) in [6, 6.07) is 7.68. The number of amides is 1. The number of halogens is 4. The molecular weight excluding hydrogens is 449 g/mol. The van der Waals surface area contributed by atoms with Gasteiger partial charge < -0.3 is 10.1 Å². The van der Waals surface area contributed by atoms with Crippen molar-refractivity contribution in [2.75, 3.05) is 29.5 Å². The first-order chi connectivity index (χ1) is 13.8. The fourth-order valence-electron chi connectivity index (χ4n) is 2.40. The standard InChI is InChI=1S/C18H16ClF3N2O5S/c1-29-17(26)11-3-6-13(7-4-11)23-16(25)10-24(30(2,27)28)15-9-12(18(20,21)22)5-8-14(15)19/h3-9H,10H2,1-2H3,(H,23,25). The van der Waals surface area contributed by atoms with E-state index in [4.69, 9.17) is 11.6 Å². The van der Waals surface area contributed by atoms with Crippen LogP contribution >= 0.6 is 11.6 Å². The number of alkyl halides is 3. The Hall–Kier alpha value is -2.79. The molecule has 0 bridgehead atoms. The monoisotopic (exact) mass is 464 g/mol. The molecule has 1 amide bonds. The highest BCUT2D eigenvalue weighted by Crippen LogP contribution is 2.36. The highest BCUT2D eigenvalue weighted by Gasteiger charge is 2.33. The predicted octanol–water partition coefficient (Wildman–Crippen LogP) is 3.55. The quantitative estimate of drug-likeness (QED) is 0.660. The average Bonchev–Trinajstić information content (AvgIpc) is 2.65. The minimum atomic E-state index is -4.73. The number of methoxy groups -OCH3 is 1. The molecule has 162 valence electrons. The molecule has 1 N–H and O–H groups in total. The van der Waals surface area contributed by atoms with Gasteiger partial charge in [0.2, 0.25) is 15.9 Å². The molecule has 0 atom stereocenters. The van der Waals surface area contributed by atoms with Crippen LogP contribution in [0.25, 0.3) is 0 Å². The molecular formula is C18H16ClF3N2O5S. The minimum absolute atomic E-state index is 0.226. The van der Waals surface area contributed by atoms with E-state index in [0.717, 1.165) is 12.3 Å². The number of nitrogens with one attached hydrogen (secondary N) is 1. The van der Waals surface area contributed by atoms with Crippen LogP contribution in [0.4, 0.5) is 24.5 Å². The number of benzene rings is 2. The molecule has 0 aliphatic rings. The van der Waals surface area contributed by atoms with Gasteiger partial charge in [-0.1, -0.05) is 11.6 Å². The molecule has 0 aromatic heterocycles. The van der Waals surface area contributed by atoms with Crippen molar-refractivity contribution in [3.05, 3.63) is 58.6 Å². The van der Waals surface area contributed by atoms with Gasteiger partial charge in [0.15, 0.2) is 0 Å². The predicted molar refractivity (Wildman–Crippen MR) is 105 cm³/mol. The van der Waals surface area contributed by atoms with Gasteiger partial charge in [0.1, 0.15) is 6.54 Å². The van der Waals surface area contributed by atoms with E-state index in [9.17, 15) is 31.2 Å². The molecule has 0 aliphatic heterocycles. The van der Waals surface area contributed by atoms with Gasteiger partial charge in [-0.15, -0.1) is 0 Å². The molecule has 30 heavy (non-hydrogen) atoms. The first-order valence-corrected chi connectivity index (χ1v) is 10.4. The zero-order chi connectivity index (χ0) is 22.7. The topological polar surface area (TPSA) is 92.8 Å². The van der Waals surface area contributed by atoms with E-state index < -0.39 is 45.9 Å². The number of rotatable bonds is 6. The van der Waals surface area contributed by atoms with Crippen molar-refractivity contribution >= 4 is 44.9 Å². The number of ether oxygens (including phenoxy) is 1. The molecule has 0 spiro atoms. The number of carbonyl (C=O) groups is 2. The van der Waals surface area contributed by atoms with E-state index in [0.29, 0.717) is 16.4 Å². The van der Waals surface area contributed by atoms with Crippen LogP contribution < -0.4 is 9.62 Å². The third-order valence-electron chi connectivity index (χ3n) is 3.82. The summed E-state index contributed by atoms with van der Waals surface area (Å²) in [6.45, 7) is -0.821. The Morgan fingerprint density at radius 2 is 1.73 bits per heavy atom. The maximum Gasteiger partial charge on any atom is 0.416 e. The molecule has 0 unspecified atom stereocenters. The normalized spacial score (nSPS) is 11.7. The number of carbonyl (C=O) groups excluding carboxylic acids is 2. The maximum atomic E-state index is 13.0. The third-order valence-corrected chi connectivity index (χ3v) is 5.27. The van der Waals surface area contributed by atoms with Gasteiger partial charge in [0.05, 0.1) is 35.2 Å². The average molecular weight is 465 g/mol. The fraction of sp³-hybridized carbons (Fsp3) is 0.222. The second kappa shape index (κ2) is 8.92. The summed E-state index contributed by atoms with van der Waals surface area (Å²) >= 11 is 5.90. The molecule has 0 saturated heterocycles. The van der Waals surface area contributed by atoms with Crippen LogP contribution in [-0.2, 0) is 25.7 Å². The van der Waals surface area contributed by atoms with Crippen LogP contribution in [0.1, 0.15) is 15.9 Å². The van der Waals surface area contributed by atoms with E-state index in [1.165, 1.54) is 31.4 Å². The molecule has 7 nitrogen and oxygen atoms in total. The Labute approximate surface area is 175 Å². The number of hydrogen-bond donors (Lipinski definition) is 1. The van der Waals surface area contributed by atoms with Crippen molar-refractivity contribution in [2.45, 2.75) is 6.18 Å². The van der Waals surface area contributed by atoms with Crippen LogP contribution in [0.3, 0.4) is 0 Å². The summed E-state index contributed by atoms with van der Waals surface area (Å²) in [6.07, 6.45) is -3.99. The lowest BCUT2D eigenvalue weighted by molar-refractivity contribution is -0.137. The van der Waals surface area contributed by atoms with Gasteiger partial charge in [-0.05, 0) is 42.5 Å². The molecule has 2 rings (SSSR count). The Bertz CT molecular complexity index is 1060. The van der Waals surface area contributed by atoms with Gasteiger partial charge in [-0.25, -0.2) is 13.2 Å². The highest BCUT2D eigenvalue weighted by atomic mass is 35.5. The Balaban J connectivity index is 2.28. The largest absolute Gasteiger partial charge is 0.465 e. The fourth-order valence-corrected chi connectivity index (χ4v) is 3.53. The van der Waals surface area contributed by atoms with E-state index in [1.54, 1.807) is 0 Å². The van der Waals surface area contributed by atoms with Gasteiger partial charge in [-0.3, -0.25) is 9.10 Å². The number of nitrogens with zero attached hydrogens (tertiary/aromatic N) is 1. The van der Waals surface area contributed by atoms with Crippen molar-refractivity contribution < 1.29 is 35.9 Å². The van der Waals surface area contributed by atoms with Gasteiger partial charge >= 0.3 is 12.1 Å². The van der Waals surface area contributed by atoms with Crippen molar-refractivity contribution in [2.24, 2.45) is 0 Å². The molecule has 0 radical (unpaired) electrons. The summed E-state index contributed by atoms with van der Waals surface area (Å²) in [5.41, 5.74) is -1.14. The van der Waals surface area contributed by atoms with Crippen LogP contribution in [0.15, 0.2) is 42.5 Å². The molecule has 2 aromatic rings. The highest BCUT2D eigenvalue weighted by molar-refractivity contribution is 7.92. The molecule has 12 heteroatoms. The molecule has 2 aromatic carbocycles. The third kappa shape index (κ3) is 5.86. The Morgan fingerprint density at radius 1 is 1.13 bits per heavy atom. The number of anilines is 2. The van der Waals surface area contributed by atoms with E-state index in [2.05, 4.69) is 10.1 Å². The summed E-state index contributed by atoms with van der Waals surface area (Å²) in [7, 11) is -2.95. The lowest BCUT2D eigenvalue weighted by Crippen LogP contribution is -2.37. The van der Waals surface area contributed by atoms with E-state index in [-0.39, 0.29) is 16.3 Å². The second-order valence-corrected chi connectivity index (χ2v) is 8.36. The zero-order valence-corrected chi connectivity index (χ0v) is 17.2.